The first kappa shape index (κ1) is 28.0. The van der Waals surface area contributed by atoms with E-state index in [0.29, 0.717) is 25.7 Å². The van der Waals surface area contributed by atoms with Crippen LogP contribution in [0.1, 0.15) is 46.4 Å². The molecule has 0 radical (unpaired) electrons. The highest BCUT2D eigenvalue weighted by Crippen LogP contribution is 2.31. The zero-order valence-corrected chi connectivity index (χ0v) is 20.0. The number of benzene rings is 2. The zero-order valence-electron chi connectivity index (χ0n) is 19.2. The van der Waals surface area contributed by atoms with Crippen LogP contribution in [0, 0.1) is 11.7 Å². The summed E-state index contributed by atoms with van der Waals surface area (Å²) < 4.78 is 61.3. The van der Waals surface area contributed by atoms with Crippen molar-refractivity contribution in [3.8, 4) is 11.5 Å². The van der Waals surface area contributed by atoms with Crippen molar-refractivity contribution in [3.63, 3.8) is 0 Å². The highest BCUT2D eigenvalue weighted by Gasteiger charge is 2.32. The van der Waals surface area contributed by atoms with Crippen LogP contribution in [0.25, 0.3) is 0 Å². The van der Waals surface area contributed by atoms with Crippen molar-refractivity contribution < 1.29 is 46.5 Å². The largest absolute Gasteiger partial charge is 0.573 e. The lowest BCUT2D eigenvalue weighted by Gasteiger charge is -2.26. The highest BCUT2D eigenvalue weighted by atomic mass is 35.5. The number of rotatable bonds is 9. The lowest BCUT2D eigenvalue weighted by molar-refractivity contribution is -0.274. The SMILES string of the molecule is O=C(NCCNC(=O)c1ccc(O[C@H]2CC[C@@H](C(=O)O)CC2)cc1F)c1ccc(Cl)c(OC(F)(F)F)c1. The van der Waals surface area contributed by atoms with E-state index in [1.54, 1.807) is 0 Å². The van der Waals surface area contributed by atoms with Gasteiger partial charge in [0.2, 0.25) is 0 Å². The number of halogens is 5. The average molecular weight is 547 g/mol. The van der Waals surface area contributed by atoms with Crippen LogP contribution in [0.4, 0.5) is 17.6 Å². The van der Waals surface area contributed by atoms with E-state index in [1.165, 1.54) is 18.2 Å². The zero-order chi connectivity index (χ0) is 27.2. The molecule has 0 heterocycles. The van der Waals surface area contributed by atoms with Crippen LogP contribution in [0.2, 0.25) is 5.02 Å². The molecule has 0 unspecified atom stereocenters. The van der Waals surface area contributed by atoms with Gasteiger partial charge < -0.3 is 25.2 Å². The number of carboxylic acids is 1. The van der Waals surface area contributed by atoms with Crippen molar-refractivity contribution in [2.24, 2.45) is 5.92 Å². The molecule has 1 aliphatic rings. The Morgan fingerprint density at radius 1 is 0.973 bits per heavy atom. The Morgan fingerprint density at radius 2 is 1.62 bits per heavy atom. The van der Waals surface area contributed by atoms with Gasteiger partial charge in [0.25, 0.3) is 11.8 Å². The maximum absolute atomic E-state index is 14.5. The topological polar surface area (TPSA) is 114 Å². The molecule has 0 atom stereocenters. The fourth-order valence-corrected chi connectivity index (χ4v) is 3.93. The summed E-state index contributed by atoms with van der Waals surface area (Å²) in [6.45, 7) is -0.181. The van der Waals surface area contributed by atoms with Gasteiger partial charge in [0.15, 0.2) is 0 Å². The van der Waals surface area contributed by atoms with Crippen molar-refractivity contribution in [1.82, 2.24) is 10.6 Å². The van der Waals surface area contributed by atoms with Gasteiger partial charge in [-0.05, 0) is 56.0 Å². The number of amides is 2. The number of hydrogen-bond acceptors (Lipinski definition) is 5. The monoisotopic (exact) mass is 546 g/mol. The van der Waals surface area contributed by atoms with Crippen LogP contribution >= 0.6 is 11.6 Å². The van der Waals surface area contributed by atoms with Crippen LogP contribution in [-0.4, -0.2) is 48.4 Å². The molecule has 0 aromatic heterocycles. The Bertz CT molecular complexity index is 1150. The van der Waals surface area contributed by atoms with Gasteiger partial charge in [0, 0.05) is 24.7 Å². The van der Waals surface area contributed by atoms with Crippen molar-refractivity contribution >= 4 is 29.4 Å². The summed E-state index contributed by atoms with van der Waals surface area (Å²) in [6, 6.07) is 6.87. The molecule has 2 aromatic carbocycles. The molecular weight excluding hydrogens is 524 g/mol. The van der Waals surface area contributed by atoms with Gasteiger partial charge >= 0.3 is 12.3 Å². The maximum atomic E-state index is 14.5. The van der Waals surface area contributed by atoms with E-state index in [0.717, 1.165) is 18.2 Å². The molecule has 200 valence electrons. The van der Waals surface area contributed by atoms with Gasteiger partial charge in [-0.15, -0.1) is 13.2 Å². The average Bonchev–Trinajstić information content (AvgIpc) is 2.82. The van der Waals surface area contributed by atoms with E-state index >= 15 is 0 Å². The third kappa shape index (κ3) is 8.24. The molecule has 0 aliphatic heterocycles. The Morgan fingerprint density at radius 3 is 2.22 bits per heavy atom. The molecule has 1 aliphatic carbocycles. The quantitative estimate of drug-likeness (QED) is 0.314. The first-order valence-corrected chi connectivity index (χ1v) is 11.6. The van der Waals surface area contributed by atoms with Crippen molar-refractivity contribution in [2.45, 2.75) is 38.1 Å². The molecule has 0 spiro atoms. The predicted molar refractivity (Wildman–Crippen MR) is 123 cm³/mol. The second-order valence-corrected chi connectivity index (χ2v) is 8.68. The molecule has 3 rings (SSSR count). The minimum atomic E-state index is -4.98. The van der Waals surface area contributed by atoms with Crippen molar-refractivity contribution in [1.29, 1.82) is 0 Å². The minimum Gasteiger partial charge on any atom is -0.490 e. The summed E-state index contributed by atoms with van der Waals surface area (Å²) in [4.78, 5) is 35.5. The number of aliphatic carboxylic acids is 1. The molecule has 1 fully saturated rings. The minimum absolute atomic E-state index is 0.0887. The summed E-state index contributed by atoms with van der Waals surface area (Å²) in [5, 5.41) is 13.6. The molecule has 37 heavy (non-hydrogen) atoms. The van der Waals surface area contributed by atoms with Gasteiger partial charge in [-0.1, -0.05) is 11.6 Å². The van der Waals surface area contributed by atoms with Crippen LogP contribution in [0.5, 0.6) is 11.5 Å². The third-order valence-corrected chi connectivity index (χ3v) is 5.94. The van der Waals surface area contributed by atoms with Crippen LogP contribution < -0.4 is 20.1 Å². The number of carbonyl (C=O) groups excluding carboxylic acids is 2. The summed E-state index contributed by atoms with van der Waals surface area (Å²) >= 11 is 5.65. The standard InChI is InChI=1S/C24H23ClF4N2O6/c25-18-8-3-14(11-20(18)37-24(27,28)29)21(32)30-9-10-31-22(33)17-7-6-16(12-19(17)26)36-15-4-1-13(2-5-15)23(34)35/h3,6-8,11-13,15H,1-2,4-5,9-10H2,(H,30,32)(H,31,33)(H,34,35)/t13-,15+. The van der Waals surface area contributed by atoms with E-state index in [2.05, 4.69) is 15.4 Å². The van der Waals surface area contributed by atoms with Crippen molar-refractivity contribution in [2.75, 3.05) is 13.1 Å². The molecule has 1 saturated carbocycles. The predicted octanol–water partition coefficient (Wildman–Crippen LogP) is 4.56. The van der Waals surface area contributed by atoms with E-state index in [1.807, 2.05) is 0 Å². The lowest BCUT2D eigenvalue weighted by Crippen LogP contribution is -2.35. The van der Waals surface area contributed by atoms with Crippen LogP contribution in [0.3, 0.4) is 0 Å². The molecule has 0 bridgehead atoms. The summed E-state index contributed by atoms with van der Waals surface area (Å²) in [5.41, 5.74) is -0.395. The lowest BCUT2D eigenvalue weighted by atomic mass is 9.87. The molecule has 2 aromatic rings. The van der Waals surface area contributed by atoms with Crippen LogP contribution in [0.15, 0.2) is 36.4 Å². The third-order valence-electron chi connectivity index (χ3n) is 5.63. The van der Waals surface area contributed by atoms with E-state index in [4.69, 9.17) is 21.4 Å². The Balaban J connectivity index is 1.46. The van der Waals surface area contributed by atoms with Gasteiger partial charge in [-0.25, -0.2) is 4.39 Å². The second-order valence-electron chi connectivity index (χ2n) is 8.28. The summed E-state index contributed by atoms with van der Waals surface area (Å²) in [5.74, 6) is -4.05. The van der Waals surface area contributed by atoms with Crippen LogP contribution in [-0.2, 0) is 4.79 Å². The fraction of sp³-hybridized carbons (Fsp3) is 0.375. The Labute approximate surface area is 213 Å². The molecule has 2 amide bonds. The molecule has 13 heteroatoms. The molecule has 0 saturated heterocycles. The number of ether oxygens (including phenoxy) is 2. The second kappa shape index (κ2) is 12.1. The smallest absolute Gasteiger partial charge is 0.490 e. The van der Waals surface area contributed by atoms with Gasteiger partial charge in [-0.2, -0.15) is 0 Å². The number of nitrogens with one attached hydrogen (secondary N) is 2. The van der Waals surface area contributed by atoms with E-state index in [9.17, 15) is 31.9 Å². The Hall–Kier alpha value is -3.54. The summed E-state index contributed by atoms with van der Waals surface area (Å²) in [6.07, 6.45) is -3.22. The van der Waals surface area contributed by atoms with Gasteiger partial charge in [0.1, 0.15) is 17.3 Å². The number of hydrogen-bond donors (Lipinski definition) is 3. The highest BCUT2D eigenvalue weighted by molar-refractivity contribution is 6.32. The van der Waals surface area contributed by atoms with E-state index < -0.39 is 41.6 Å². The molecule has 3 N–H and O–H groups in total. The maximum Gasteiger partial charge on any atom is 0.573 e. The Kier molecular flexibility index (Phi) is 9.19. The van der Waals surface area contributed by atoms with Gasteiger partial charge in [-0.3, -0.25) is 14.4 Å². The first-order valence-electron chi connectivity index (χ1n) is 11.2. The molecule has 8 nitrogen and oxygen atoms in total. The summed E-state index contributed by atoms with van der Waals surface area (Å²) in [7, 11) is 0. The van der Waals surface area contributed by atoms with E-state index in [-0.39, 0.29) is 41.1 Å². The number of alkyl halides is 3. The molecular formula is C24H23ClF4N2O6. The fourth-order valence-electron chi connectivity index (χ4n) is 3.77. The number of carboxylic acid groups (broad SMARTS) is 1. The first-order chi connectivity index (χ1) is 17.4. The van der Waals surface area contributed by atoms with Gasteiger partial charge in [0.05, 0.1) is 22.6 Å². The number of carbonyl (C=O) groups is 3. The normalized spacial score (nSPS) is 17.5. The van der Waals surface area contributed by atoms with Crippen molar-refractivity contribution in [3.05, 3.63) is 58.4 Å².